The van der Waals surface area contributed by atoms with Crippen molar-refractivity contribution in [3.63, 3.8) is 0 Å². The van der Waals surface area contributed by atoms with Gasteiger partial charge in [-0.05, 0) is 60.8 Å². The first-order chi connectivity index (χ1) is 23.4. The Hall–Kier alpha value is -3.79. The van der Waals surface area contributed by atoms with Gasteiger partial charge in [0, 0.05) is 59.9 Å². The number of fused-ring (bicyclic) bond motifs is 6. The number of aliphatic hydroxyl groups excluding tert-OH is 1. The third-order valence-electron chi connectivity index (χ3n) is 9.92. The normalized spacial score (nSPS) is 12.3. The molecule has 0 amide bonds. The van der Waals surface area contributed by atoms with E-state index >= 15 is 0 Å². The Balaban J connectivity index is 0.000000301. The van der Waals surface area contributed by atoms with Crippen LogP contribution >= 0.6 is 0 Å². The minimum atomic E-state index is -0.00987. The molecule has 0 spiro atoms. The molecule has 6 rings (SSSR count). The van der Waals surface area contributed by atoms with E-state index in [0.717, 1.165) is 75.2 Å². The molecule has 4 aromatic carbocycles. The number of para-hydroxylation sites is 1. The van der Waals surface area contributed by atoms with Crippen LogP contribution in [0.2, 0.25) is 0 Å². The van der Waals surface area contributed by atoms with Crippen LogP contribution in [0.4, 0.5) is 0 Å². The van der Waals surface area contributed by atoms with Gasteiger partial charge in [-0.3, -0.25) is 9.78 Å². The van der Waals surface area contributed by atoms with E-state index < -0.39 is 0 Å². The van der Waals surface area contributed by atoms with E-state index in [-0.39, 0.29) is 48.9 Å². The molecule has 2 heterocycles. The molecule has 1 radical (unpaired) electrons. The molecule has 5 heteroatoms. The second-order valence-electron chi connectivity index (χ2n) is 14.6. The Bertz CT molecular complexity index is 2120. The quantitative estimate of drug-likeness (QED) is 0.0894. The van der Waals surface area contributed by atoms with Crippen LogP contribution in [0.5, 0.6) is 0 Å². The van der Waals surface area contributed by atoms with E-state index in [0.29, 0.717) is 5.92 Å². The number of carbonyl (C=O) groups is 1. The fraction of sp³-hybridized carbons (Fsp3) is 0.378. The second kappa shape index (κ2) is 16.5. The standard InChI is InChI=1S/C32H28NO.C13H24O2.Ir/c1-19(2)20-14-15-27-25(17-20)31-29(24-12-8-9-13-28(24)34-31)30(33-27)22-16-21-10-6-7-11-23(21)26(18-22)32(3,4)5;1-5-10(6-2)12(14)9-13(15)11(7-3)8-4;/h6-15,17-19H,1-5H3;9-11,14H,5-8H2,1-4H3;/q-1;;/b;12-9-;. The number of allylic oxidation sites excluding steroid dienone is 2. The molecule has 0 bridgehead atoms. The summed E-state index contributed by atoms with van der Waals surface area (Å²) in [5.41, 5.74) is 7.26. The molecule has 50 heavy (non-hydrogen) atoms. The van der Waals surface area contributed by atoms with Gasteiger partial charge in [-0.25, -0.2) is 0 Å². The van der Waals surface area contributed by atoms with Gasteiger partial charge >= 0.3 is 0 Å². The predicted octanol–water partition coefficient (Wildman–Crippen LogP) is 13.0. The van der Waals surface area contributed by atoms with Crippen LogP contribution in [-0.4, -0.2) is 15.9 Å². The summed E-state index contributed by atoms with van der Waals surface area (Å²) in [5.74, 6) is 0.984. The average molecular weight is 847 g/mol. The fourth-order valence-electron chi connectivity index (χ4n) is 6.79. The summed E-state index contributed by atoms with van der Waals surface area (Å²) < 4.78 is 6.49. The monoisotopic (exact) mass is 847 g/mol. The van der Waals surface area contributed by atoms with Gasteiger partial charge in [-0.2, -0.15) is 0 Å². The van der Waals surface area contributed by atoms with Crippen molar-refractivity contribution in [1.82, 2.24) is 4.98 Å². The Morgan fingerprint density at radius 2 is 1.46 bits per heavy atom. The molecular formula is C45H52IrNO3-. The van der Waals surface area contributed by atoms with E-state index in [2.05, 4.69) is 101 Å². The SMILES string of the molecule is CC(C)c1ccc2nc(-c3[c-]c4ccccc4c(C(C)(C)C)c3)c3c4ccccc4oc3c2c1.CCC(CC)C(=O)/C=C(\O)C(CC)CC.[Ir]. The van der Waals surface area contributed by atoms with Crippen molar-refractivity contribution >= 4 is 49.4 Å². The topological polar surface area (TPSA) is 63.3 Å². The zero-order valence-electron chi connectivity index (χ0n) is 31.1. The van der Waals surface area contributed by atoms with Crippen molar-refractivity contribution < 1.29 is 34.4 Å². The van der Waals surface area contributed by atoms with Gasteiger partial charge in [0.1, 0.15) is 11.2 Å². The van der Waals surface area contributed by atoms with Crippen molar-refractivity contribution in [3.05, 3.63) is 102 Å². The van der Waals surface area contributed by atoms with Crippen molar-refractivity contribution in [1.29, 1.82) is 0 Å². The van der Waals surface area contributed by atoms with Crippen LogP contribution < -0.4 is 0 Å². The minimum absolute atomic E-state index is 0. The van der Waals surface area contributed by atoms with Crippen LogP contribution in [0, 0.1) is 17.9 Å². The van der Waals surface area contributed by atoms with E-state index in [1.54, 1.807) is 0 Å². The van der Waals surface area contributed by atoms with Gasteiger partial charge in [-0.15, -0.1) is 29.1 Å². The van der Waals surface area contributed by atoms with Gasteiger partial charge in [-0.1, -0.05) is 116 Å². The number of ketones is 1. The fourth-order valence-corrected chi connectivity index (χ4v) is 6.79. The number of benzene rings is 4. The summed E-state index contributed by atoms with van der Waals surface area (Å²) in [7, 11) is 0. The summed E-state index contributed by atoms with van der Waals surface area (Å²) in [6.45, 7) is 19.3. The van der Waals surface area contributed by atoms with Crippen LogP contribution in [0.3, 0.4) is 0 Å². The average Bonchev–Trinajstić information content (AvgIpc) is 3.48. The van der Waals surface area contributed by atoms with E-state index in [9.17, 15) is 9.90 Å². The minimum Gasteiger partial charge on any atom is -0.512 e. The molecule has 0 aliphatic rings. The summed E-state index contributed by atoms with van der Waals surface area (Å²) in [5, 5.41) is 15.3. The molecule has 0 saturated carbocycles. The van der Waals surface area contributed by atoms with Gasteiger partial charge in [0.15, 0.2) is 5.78 Å². The smallest absolute Gasteiger partial charge is 0.162 e. The Labute approximate surface area is 311 Å². The number of nitrogens with zero attached hydrogens (tertiary/aromatic N) is 1. The van der Waals surface area contributed by atoms with Crippen molar-refractivity contribution in [2.24, 2.45) is 11.8 Å². The van der Waals surface area contributed by atoms with Gasteiger partial charge < -0.3 is 9.52 Å². The Morgan fingerprint density at radius 3 is 2.08 bits per heavy atom. The molecule has 1 N–H and O–H groups in total. The summed E-state index contributed by atoms with van der Waals surface area (Å²) in [6, 6.07) is 29.3. The van der Waals surface area contributed by atoms with Crippen LogP contribution in [-0.2, 0) is 30.3 Å². The number of hydrogen-bond acceptors (Lipinski definition) is 4. The van der Waals surface area contributed by atoms with Crippen molar-refractivity contribution in [2.45, 2.75) is 99.3 Å². The predicted molar refractivity (Wildman–Crippen MR) is 207 cm³/mol. The number of hydrogen-bond donors (Lipinski definition) is 1. The molecule has 0 atom stereocenters. The summed E-state index contributed by atoms with van der Waals surface area (Å²) in [4.78, 5) is 17.0. The maximum absolute atomic E-state index is 11.7. The molecule has 2 aromatic heterocycles. The number of furan rings is 1. The summed E-state index contributed by atoms with van der Waals surface area (Å²) in [6.07, 6.45) is 4.91. The number of carbonyl (C=O) groups excluding carboxylic acids is 1. The first-order valence-electron chi connectivity index (χ1n) is 18.1. The van der Waals surface area contributed by atoms with Gasteiger partial charge in [0.05, 0.1) is 11.3 Å². The Kier molecular flexibility index (Phi) is 12.9. The van der Waals surface area contributed by atoms with E-state index in [4.69, 9.17) is 9.40 Å². The number of aliphatic hydroxyl groups is 1. The number of rotatable bonds is 9. The molecule has 0 fully saturated rings. The Morgan fingerprint density at radius 1 is 0.840 bits per heavy atom. The molecule has 0 aliphatic heterocycles. The first kappa shape index (κ1) is 39.0. The van der Waals surface area contributed by atoms with Gasteiger partial charge in [0.25, 0.3) is 0 Å². The maximum Gasteiger partial charge on any atom is 0.162 e. The van der Waals surface area contributed by atoms with E-state index in [1.807, 2.05) is 39.8 Å². The number of pyridine rings is 1. The number of aromatic nitrogens is 1. The first-order valence-corrected chi connectivity index (χ1v) is 18.1. The van der Waals surface area contributed by atoms with Crippen molar-refractivity contribution in [2.75, 3.05) is 0 Å². The molecule has 0 aliphatic carbocycles. The molecule has 6 aromatic rings. The van der Waals surface area contributed by atoms with Gasteiger partial charge in [0.2, 0.25) is 0 Å². The van der Waals surface area contributed by atoms with Crippen LogP contribution in [0.1, 0.15) is 105 Å². The zero-order valence-corrected chi connectivity index (χ0v) is 33.5. The zero-order chi connectivity index (χ0) is 35.5. The largest absolute Gasteiger partial charge is 0.512 e. The molecule has 0 saturated heterocycles. The molecular weight excluding hydrogens is 795 g/mol. The third-order valence-corrected chi connectivity index (χ3v) is 9.92. The van der Waals surface area contributed by atoms with E-state index in [1.165, 1.54) is 22.6 Å². The van der Waals surface area contributed by atoms with Crippen LogP contribution in [0.15, 0.2) is 89.0 Å². The molecule has 4 nitrogen and oxygen atoms in total. The second-order valence-corrected chi connectivity index (χ2v) is 14.6. The molecule has 265 valence electrons. The third kappa shape index (κ3) is 8.06. The van der Waals surface area contributed by atoms with Crippen molar-refractivity contribution in [3.8, 4) is 11.3 Å². The summed E-state index contributed by atoms with van der Waals surface area (Å²) >= 11 is 0. The maximum atomic E-state index is 11.7. The van der Waals surface area contributed by atoms with Crippen LogP contribution in [0.25, 0.3) is 54.9 Å². The molecule has 0 unspecified atom stereocenters.